The van der Waals surface area contributed by atoms with E-state index in [2.05, 4.69) is 15.5 Å². The fourth-order valence-corrected chi connectivity index (χ4v) is 3.67. The third kappa shape index (κ3) is 6.54. The Morgan fingerprint density at radius 3 is 2.85 bits per heavy atom. The molecule has 0 atom stereocenters. The average Bonchev–Trinajstić information content (AvgIpc) is 2.69. The molecule has 2 heterocycles. The van der Waals surface area contributed by atoms with E-state index >= 15 is 0 Å². The number of aryl methyl sites for hydroxylation is 1. The first kappa shape index (κ1) is 19.7. The Hall–Kier alpha value is -2.08. The Kier molecular flexibility index (Phi) is 7.51. The summed E-state index contributed by atoms with van der Waals surface area (Å²) in [6.07, 6.45) is 7.46. The number of hydrogen-bond acceptors (Lipinski definition) is 4. The first-order valence-electron chi connectivity index (χ1n) is 10.3. The van der Waals surface area contributed by atoms with Crippen molar-refractivity contribution < 1.29 is 14.3 Å². The van der Waals surface area contributed by atoms with E-state index < -0.39 is 0 Å². The lowest BCUT2D eigenvalue weighted by molar-refractivity contribution is -0.121. The summed E-state index contributed by atoms with van der Waals surface area (Å²) in [5.41, 5.74) is 1.99. The zero-order valence-corrected chi connectivity index (χ0v) is 16.1. The van der Waals surface area contributed by atoms with Crippen LogP contribution in [0, 0.1) is 0 Å². The van der Waals surface area contributed by atoms with Gasteiger partial charge in [0.05, 0.1) is 6.61 Å². The van der Waals surface area contributed by atoms with Crippen molar-refractivity contribution in [1.29, 1.82) is 0 Å². The predicted octanol–water partition coefficient (Wildman–Crippen LogP) is 2.72. The largest absolute Gasteiger partial charge is 0.494 e. The lowest BCUT2D eigenvalue weighted by Gasteiger charge is -2.26. The van der Waals surface area contributed by atoms with Gasteiger partial charge in [0.1, 0.15) is 5.75 Å². The third-order valence-corrected chi connectivity index (χ3v) is 5.21. The van der Waals surface area contributed by atoms with Gasteiger partial charge in [0.15, 0.2) is 0 Å². The van der Waals surface area contributed by atoms with Crippen LogP contribution in [0.5, 0.6) is 5.75 Å². The summed E-state index contributed by atoms with van der Waals surface area (Å²) in [7, 11) is 0. The maximum atomic E-state index is 11.9. The molecular formula is C21H31N3O3. The van der Waals surface area contributed by atoms with Gasteiger partial charge in [-0.3, -0.25) is 9.59 Å². The van der Waals surface area contributed by atoms with Gasteiger partial charge in [-0.15, -0.1) is 0 Å². The molecule has 1 aromatic carbocycles. The van der Waals surface area contributed by atoms with Gasteiger partial charge in [0.25, 0.3) is 0 Å². The summed E-state index contributed by atoms with van der Waals surface area (Å²) in [6, 6.07) is 5.73. The number of hydrogen-bond donors (Lipinski definition) is 2. The van der Waals surface area contributed by atoms with Crippen molar-refractivity contribution in [2.24, 2.45) is 0 Å². The Labute approximate surface area is 161 Å². The van der Waals surface area contributed by atoms with Crippen molar-refractivity contribution in [1.82, 2.24) is 10.2 Å². The van der Waals surface area contributed by atoms with Crippen LogP contribution in [0.1, 0.15) is 50.5 Å². The molecule has 2 aliphatic heterocycles. The van der Waals surface area contributed by atoms with E-state index in [1.807, 2.05) is 18.2 Å². The van der Waals surface area contributed by atoms with Crippen molar-refractivity contribution in [2.45, 2.75) is 51.4 Å². The van der Waals surface area contributed by atoms with Crippen molar-refractivity contribution >= 4 is 17.5 Å². The molecule has 2 N–H and O–H groups in total. The van der Waals surface area contributed by atoms with Crippen molar-refractivity contribution in [3.8, 4) is 5.75 Å². The predicted molar refractivity (Wildman–Crippen MR) is 106 cm³/mol. The van der Waals surface area contributed by atoms with Gasteiger partial charge in [0, 0.05) is 25.1 Å². The normalized spacial score (nSPS) is 17.1. The van der Waals surface area contributed by atoms with E-state index in [1.165, 1.54) is 32.4 Å². The maximum absolute atomic E-state index is 11.9. The molecule has 2 aliphatic rings. The van der Waals surface area contributed by atoms with Crippen LogP contribution >= 0.6 is 0 Å². The van der Waals surface area contributed by atoms with Crippen molar-refractivity contribution in [3.63, 3.8) is 0 Å². The summed E-state index contributed by atoms with van der Waals surface area (Å²) in [6.45, 7) is 4.78. The topological polar surface area (TPSA) is 70.7 Å². The molecule has 148 valence electrons. The molecule has 1 fully saturated rings. The molecule has 1 saturated heterocycles. The highest BCUT2D eigenvalue weighted by molar-refractivity contribution is 5.94. The van der Waals surface area contributed by atoms with E-state index in [4.69, 9.17) is 4.74 Å². The Morgan fingerprint density at radius 2 is 2.00 bits per heavy atom. The second-order valence-corrected chi connectivity index (χ2v) is 7.42. The molecule has 0 aromatic heterocycles. The highest BCUT2D eigenvalue weighted by atomic mass is 16.5. The minimum atomic E-state index is 0.0677. The summed E-state index contributed by atoms with van der Waals surface area (Å²) in [5, 5.41) is 5.87. The van der Waals surface area contributed by atoms with Crippen LogP contribution in [0.4, 0.5) is 5.69 Å². The van der Waals surface area contributed by atoms with Gasteiger partial charge < -0.3 is 20.3 Å². The van der Waals surface area contributed by atoms with Crippen LogP contribution in [-0.2, 0) is 16.0 Å². The minimum Gasteiger partial charge on any atom is -0.494 e. The van der Waals surface area contributed by atoms with Crippen molar-refractivity contribution in [3.05, 3.63) is 23.8 Å². The molecule has 0 radical (unpaired) electrons. The summed E-state index contributed by atoms with van der Waals surface area (Å²) in [5.74, 6) is 0.968. The fourth-order valence-electron chi connectivity index (χ4n) is 3.67. The molecule has 0 aliphatic carbocycles. The molecule has 6 heteroatoms. The number of benzene rings is 1. The number of piperidine rings is 1. The van der Waals surface area contributed by atoms with Gasteiger partial charge in [-0.05, 0) is 75.5 Å². The number of carbonyl (C=O) groups excluding carboxylic acids is 2. The number of anilines is 1. The molecule has 0 saturated carbocycles. The van der Waals surface area contributed by atoms with Gasteiger partial charge in [-0.25, -0.2) is 0 Å². The van der Waals surface area contributed by atoms with Gasteiger partial charge in [0.2, 0.25) is 11.8 Å². The number of fused-ring (bicyclic) bond motifs is 1. The lowest BCUT2D eigenvalue weighted by atomic mass is 10.0. The second-order valence-electron chi connectivity index (χ2n) is 7.42. The third-order valence-electron chi connectivity index (χ3n) is 5.21. The fraction of sp³-hybridized carbons (Fsp3) is 0.619. The van der Waals surface area contributed by atoms with Gasteiger partial charge in [-0.2, -0.15) is 0 Å². The van der Waals surface area contributed by atoms with Crippen LogP contribution in [-0.4, -0.2) is 49.5 Å². The standard InChI is InChI=1S/C21H31N3O3/c25-20(22-11-5-14-24-12-2-1-3-13-24)6-4-15-27-18-8-9-19-17(16-18)7-10-21(26)23-19/h8-9,16H,1-7,10-15H2,(H,22,25)(H,23,26). The maximum Gasteiger partial charge on any atom is 0.224 e. The quantitative estimate of drug-likeness (QED) is 0.653. The number of rotatable bonds is 9. The van der Waals surface area contributed by atoms with E-state index in [1.54, 1.807) is 0 Å². The zero-order chi connectivity index (χ0) is 18.9. The first-order chi connectivity index (χ1) is 13.2. The second kappa shape index (κ2) is 10.3. The molecule has 0 spiro atoms. The van der Waals surface area contributed by atoms with E-state index in [9.17, 15) is 9.59 Å². The zero-order valence-electron chi connectivity index (χ0n) is 16.1. The minimum absolute atomic E-state index is 0.0677. The SMILES string of the molecule is O=C(CCCOc1ccc2c(c1)CCC(=O)N2)NCCCN1CCCCC1. The summed E-state index contributed by atoms with van der Waals surface area (Å²) in [4.78, 5) is 25.8. The highest BCUT2D eigenvalue weighted by Gasteiger charge is 2.15. The summed E-state index contributed by atoms with van der Waals surface area (Å²) >= 11 is 0. The number of nitrogens with one attached hydrogen (secondary N) is 2. The Bertz CT molecular complexity index is 642. The van der Waals surface area contributed by atoms with E-state index in [0.29, 0.717) is 25.9 Å². The monoisotopic (exact) mass is 373 g/mol. The van der Waals surface area contributed by atoms with Crippen LogP contribution in [0.2, 0.25) is 0 Å². The number of ether oxygens (including phenoxy) is 1. The molecule has 0 unspecified atom stereocenters. The molecule has 1 aromatic rings. The van der Waals surface area contributed by atoms with Crippen LogP contribution in [0.3, 0.4) is 0 Å². The lowest BCUT2D eigenvalue weighted by Crippen LogP contribution is -2.33. The Morgan fingerprint density at radius 1 is 1.15 bits per heavy atom. The smallest absolute Gasteiger partial charge is 0.224 e. The van der Waals surface area contributed by atoms with E-state index in [-0.39, 0.29) is 11.8 Å². The molecular weight excluding hydrogens is 342 g/mol. The number of nitrogens with zero attached hydrogens (tertiary/aromatic N) is 1. The van der Waals surface area contributed by atoms with Crippen LogP contribution in [0.25, 0.3) is 0 Å². The first-order valence-corrected chi connectivity index (χ1v) is 10.3. The highest BCUT2D eigenvalue weighted by Crippen LogP contribution is 2.26. The number of carbonyl (C=O) groups is 2. The summed E-state index contributed by atoms with van der Waals surface area (Å²) < 4.78 is 5.75. The molecule has 6 nitrogen and oxygen atoms in total. The molecule has 3 rings (SSSR count). The number of amides is 2. The molecule has 0 bridgehead atoms. The molecule has 2 amide bonds. The van der Waals surface area contributed by atoms with Crippen LogP contribution < -0.4 is 15.4 Å². The van der Waals surface area contributed by atoms with Crippen molar-refractivity contribution in [2.75, 3.05) is 38.1 Å². The van der Waals surface area contributed by atoms with Gasteiger partial charge in [-0.1, -0.05) is 6.42 Å². The van der Waals surface area contributed by atoms with Gasteiger partial charge >= 0.3 is 0 Å². The van der Waals surface area contributed by atoms with Crippen LogP contribution in [0.15, 0.2) is 18.2 Å². The van der Waals surface area contributed by atoms with E-state index in [0.717, 1.165) is 42.9 Å². The number of likely N-dealkylation sites (tertiary alicyclic amines) is 1. The molecule has 27 heavy (non-hydrogen) atoms. The Balaban J connectivity index is 1.25. The average molecular weight is 373 g/mol.